The fourth-order valence-corrected chi connectivity index (χ4v) is 1.05. The molecule has 0 saturated carbocycles. The lowest BCUT2D eigenvalue weighted by molar-refractivity contribution is -0.0789. The maximum absolute atomic E-state index is 9.55. The Labute approximate surface area is 85.8 Å². The highest BCUT2D eigenvalue weighted by Gasteiger charge is 2.26. The quantitative estimate of drug-likeness (QED) is 0.385. The number of nitrogen functional groups attached to an aromatic ring is 1. The Balaban J connectivity index is 2.80. The highest BCUT2D eigenvalue weighted by Crippen LogP contribution is 2.16. The van der Waals surface area contributed by atoms with Gasteiger partial charge in [-0.25, -0.2) is 9.97 Å². The molecule has 6 N–H and O–H groups in total. The second-order valence-corrected chi connectivity index (χ2v) is 3.03. The molecule has 7 nitrogen and oxygen atoms in total. The number of aromatic nitrogens is 2. The van der Waals surface area contributed by atoms with Gasteiger partial charge in [-0.1, -0.05) is 0 Å². The first-order valence-electron chi connectivity index (χ1n) is 4.29. The molecule has 0 unspecified atom stereocenters. The first-order valence-corrected chi connectivity index (χ1v) is 4.29. The average Bonchev–Trinajstić information content (AvgIpc) is 2.26. The molecule has 0 bridgehead atoms. The van der Waals surface area contributed by atoms with Gasteiger partial charge in [-0.05, 0) is 6.07 Å². The van der Waals surface area contributed by atoms with Crippen molar-refractivity contribution in [3.8, 4) is 0 Å². The minimum Gasteiger partial charge on any atom is -0.394 e. The molecule has 15 heavy (non-hydrogen) atoms. The van der Waals surface area contributed by atoms with Crippen LogP contribution in [0.5, 0.6) is 0 Å². The van der Waals surface area contributed by atoms with Crippen molar-refractivity contribution < 1.29 is 20.4 Å². The molecule has 0 fully saturated rings. The minimum absolute atomic E-state index is 0.0442. The zero-order valence-electron chi connectivity index (χ0n) is 7.85. The third kappa shape index (κ3) is 2.83. The van der Waals surface area contributed by atoms with Gasteiger partial charge in [-0.3, -0.25) is 0 Å². The van der Waals surface area contributed by atoms with Crippen molar-refractivity contribution in [2.75, 3.05) is 12.3 Å². The number of nitrogens with two attached hydrogens (primary N) is 1. The molecule has 1 aromatic heterocycles. The van der Waals surface area contributed by atoms with E-state index in [1.165, 1.54) is 12.3 Å². The monoisotopic (exact) mass is 215 g/mol. The molecule has 1 rings (SSSR count). The molecular weight excluding hydrogens is 202 g/mol. The third-order valence-electron chi connectivity index (χ3n) is 1.90. The van der Waals surface area contributed by atoms with Crippen molar-refractivity contribution >= 4 is 5.95 Å². The number of aliphatic hydroxyl groups is 4. The van der Waals surface area contributed by atoms with Gasteiger partial charge in [0.1, 0.15) is 18.3 Å². The summed E-state index contributed by atoms with van der Waals surface area (Å²) in [5.41, 5.74) is 5.36. The van der Waals surface area contributed by atoms with Crippen molar-refractivity contribution in [2.45, 2.75) is 18.3 Å². The Morgan fingerprint density at radius 2 is 2.00 bits per heavy atom. The van der Waals surface area contributed by atoms with E-state index in [0.29, 0.717) is 0 Å². The van der Waals surface area contributed by atoms with Crippen molar-refractivity contribution in [1.82, 2.24) is 9.97 Å². The van der Waals surface area contributed by atoms with Crippen LogP contribution in [0.3, 0.4) is 0 Å². The maximum Gasteiger partial charge on any atom is 0.220 e. The van der Waals surface area contributed by atoms with Gasteiger partial charge in [0.2, 0.25) is 5.95 Å². The number of hydrogen-bond acceptors (Lipinski definition) is 7. The van der Waals surface area contributed by atoms with Crippen LogP contribution < -0.4 is 5.73 Å². The Morgan fingerprint density at radius 1 is 1.33 bits per heavy atom. The van der Waals surface area contributed by atoms with E-state index in [2.05, 4.69) is 9.97 Å². The van der Waals surface area contributed by atoms with E-state index in [9.17, 15) is 10.2 Å². The molecular formula is C8H13N3O4. The Morgan fingerprint density at radius 3 is 2.53 bits per heavy atom. The average molecular weight is 215 g/mol. The Kier molecular flexibility index (Phi) is 3.92. The smallest absolute Gasteiger partial charge is 0.220 e. The summed E-state index contributed by atoms with van der Waals surface area (Å²) in [6.45, 7) is -0.654. The first-order chi connectivity index (χ1) is 7.06. The van der Waals surface area contributed by atoms with Crippen LogP contribution in [0, 0.1) is 0 Å². The van der Waals surface area contributed by atoms with Gasteiger partial charge >= 0.3 is 0 Å². The predicted molar refractivity (Wildman–Crippen MR) is 50.5 cm³/mol. The molecule has 7 heteroatoms. The fraction of sp³-hybridized carbons (Fsp3) is 0.500. The van der Waals surface area contributed by atoms with Gasteiger partial charge < -0.3 is 26.2 Å². The molecule has 1 heterocycles. The molecule has 1 aromatic rings. The number of aliphatic hydroxyl groups excluding tert-OH is 4. The van der Waals surface area contributed by atoms with E-state index < -0.39 is 24.9 Å². The lowest BCUT2D eigenvalue weighted by atomic mass is 10.1. The van der Waals surface area contributed by atoms with E-state index in [-0.39, 0.29) is 11.6 Å². The number of nitrogens with zero attached hydrogens (tertiary/aromatic N) is 2. The standard InChI is InChI=1S/C8H13N3O4/c9-8-10-2-1-4(11-8)6(14)7(15)5(13)3-12/h1-2,5-7,12-15H,3H2,(H2,9,10,11)/t5-,6+,7-/m1/s1. The van der Waals surface area contributed by atoms with Gasteiger partial charge in [0.15, 0.2) is 0 Å². The van der Waals surface area contributed by atoms with E-state index in [1.54, 1.807) is 0 Å². The van der Waals surface area contributed by atoms with Crippen LogP contribution in [-0.4, -0.2) is 49.2 Å². The summed E-state index contributed by atoms with van der Waals surface area (Å²) < 4.78 is 0. The third-order valence-corrected chi connectivity index (χ3v) is 1.90. The minimum atomic E-state index is -1.52. The van der Waals surface area contributed by atoms with E-state index >= 15 is 0 Å². The van der Waals surface area contributed by atoms with Crippen LogP contribution in [0.25, 0.3) is 0 Å². The van der Waals surface area contributed by atoms with Crippen LogP contribution in [0.1, 0.15) is 11.8 Å². The Hall–Kier alpha value is -1.28. The van der Waals surface area contributed by atoms with Crippen LogP contribution >= 0.6 is 0 Å². The molecule has 0 aliphatic carbocycles. The molecule has 0 aliphatic rings. The first kappa shape index (κ1) is 11.8. The lowest BCUT2D eigenvalue weighted by Gasteiger charge is -2.20. The van der Waals surface area contributed by atoms with Gasteiger partial charge in [0, 0.05) is 6.20 Å². The number of rotatable bonds is 4. The zero-order valence-corrected chi connectivity index (χ0v) is 7.85. The van der Waals surface area contributed by atoms with E-state index in [1.807, 2.05) is 0 Å². The SMILES string of the molecule is Nc1nccc([C@H](O)[C@H](O)[C@H](O)CO)n1. The zero-order chi connectivity index (χ0) is 11.4. The molecule has 0 aliphatic heterocycles. The van der Waals surface area contributed by atoms with Crippen molar-refractivity contribution in [2.24, 2.45) is 0 Å². The fourth-order valence-electron chi connectivity index (χ4n) is 1.05. The van der Waals surface area contributed by atoms with Crippen LogP contribution in [0.15, 0.2) is 12.3 Å². The van der Waals surface area contributed by atoms with Gasteiger partial charge in [0.25, 0.3) is 0 Å². The van der Waals surface area contributed by atoms with E-state index in [4.69, 9.17) is 15.9 Å². The van der Waals surface area contributed by atoms with Crippen LogP contribution in [0.2, 0.25) is 0 Å². The van der Waals surface area contributed by atoms with Crippen molar-refractivity contribution in [3.63, 3.8) is 0 Å². The summed E-state index contributed by atoms with van der Waals surface area (Å²) in [7, 11) is 0. The molecule has 0 spiro atoms. The van der Waals surface area contributed by atoms with Crippen LogP contribution in [-0.2, 0) is 0 Å². The number of anilines is 1. The van der Waals surface area contributed by atoms with E-state index in [0.717, 1.165) is 0 Å². The summed E-state index contributed by atoms with van der Waals surface area (Å²) in [6, 6.07) is 1.36. The van der Waals surface area contributed by atoms with Crippen molar-refractivity contribution in [3.05, 3.63) is 18.0 Å². The Bertz CT molecular complexity index is 323. The summed E-state index contributed by atoms with van der Waals surface area (Å²) in [4.78, 5) is 7.28. The van der Waals surface area contributed by atoms with Gasteiger partial charge in [-0.2, -0.15) is 0 Å². The largest absolute Gasteiger partial charge is 0.394 e. The molecule has 3 atom stereocenters. The topological polar surface area (TPSA) is 133 Å². The summed E-state index contributed by atoms with van der Waals surface area (Å²) in [5, 5.41) is 36.6. The molecule has 0 amide bonds. The van der Waals surface area contributed by atoms with Gasteiger partial charge in [0.05, 0.1) is 12.3 Å². The highest BCUT2D eigenvalue weighted by molar-refractivity contribution is 5.19. The predicted octanol–water partition coefficient (Wildman–Crippen LogP) is -2.19. The highest BCUT2D eigenvalue weighted by atomic mass is 16.4. The molecule has 84 valence electrons. The number of hydrogen-bond donors (Lipinski definition) is 5. The normalized spacial score (nSPS) is 17.1. The van der Waals surface area contributed by atoms with Gasteiger partial charge in [-0.15, -0.1) is 0 Å². The maximum atomic E-state index is 9.55. The second-order valence-electron chi connectivity index (χ2n) is 3.03. The molecule has 0 saturated heterocycles. The summed E-state index contributed by atoms with van der Waals surface area (Å²) >= 11 is 0. The lowest BCUT2D eigenvalue weighted by Crippen LogP contribution is -2.35. The molecule has 0 radical (unpaired) electrons. The van der Waals surface area contributed by atoms with Crippen LogP contribution in [0.4, 0.5) is 5.95 Å². The molecule has 0 aromatic carbocycles. The second kappa shape index (κ2) is 4.99. The summed E-state index contributed by atoms with van der Waals surface area (Å²) in [6.07, 6.45) is -3.06. The summed E-state index contributed by atoms with van der Waals surface area (Å²) in [5.74, 6) is -0.0442. The van der Waals surface area contributed by atoms with Crippen molar-refractivity contribution in [1.29, 1.82) is 0 Å².